The molecule has 1 unspecified atom stereocenters. The number of hydrogen-bond donors (Lipinski definition) is 1. The third-order valence-electron chi connectivity index (χ3n) is 3.96. The smallest absolute Gasteiger partial charge is 0.119 e. The van der Waals surface area contributed by atoms with Gasteiger partial charge >= 0.3 is 0 Å². The van der Waals surface area contributed by atoms with Gasteiger partial charge in [-0.05, 0) is 30.0 Å². The summed E-state index contributed by atoms with van der Waals surface area (Å²) >= 11 is 0. The molecule has 0 saturated heterocycles. The largest absolute Gasteiger partial charge is 0.508 e. The molecule has 20 heavy (non-hydrogen) atoms. The van der Waals surface area contributed by atoms with E-state index in [1.54, 1.807) is 6.07 Å². The van der Waals surface area contributed by atoms with Gasteiger partial charge in [-0.25, -0.2) is 0 Å². The van der Waals surface area contributed by atoms with E-state index in [1.807, 2.05) is 12.1 Å². The number of aromatic hydroxyl groups is 1. The quantitative estimate of drug-likeness (QED) is 0.707. The second-order valence-electron chi connectivity index (χ2n) is 5.44. The van der Waals surface area contributed by atoms with Gasteiger partial charge in [0, 0.05) is 11.5 Å². The summed E-state index contributed by atoms with van der Waals surface area (Å²) in [6, 6.07) is 16.3. The lowest BCUT2D eigenvalue weighted by atomic mass is 9.87. The molecule has 0 radical (unpaired) electrons. The molecule has 0 heterocycles. The number of phenols is 1. The van der Waals surface area contributed by atoms with Gasteiger partial charge in [-0.2, -0.15) is 0 Å². The fourth-order valence-electron chi connectivity index (χ4n) is 2.79. The molecule has 0 bridgehead atoms. The summed E-state index contributed by atoms with van der Waals surface area (Å²) in [6.45, 7) is 4.39. The molecule has 1 atom stereocenters. The van der Waals surface area contributed by atoms with Crippen LogP contribution in [0.4, 0.5) is 0 Å². The minimum absolute atomic E-state index is 0.231. The summed E-state index contributed by atoms with van der Waals surface area (Å²) in [5.74, 6) is 0.657. The molecule has 0 aromatic heterocycles. The molecule has 0 fully saturated rings. The third-order valence-corrected chi connectivity index (χ3v) is 3.96. The molecular weight excluding hydrogens is 244 g/mol. The predicted molar refractivity (Wildman–Crippen MR) is 85.3 cm³/mol. The Kier molecular flexibility index (Phi) is 5.23. The van der Waals surface area contributed by atoms with Crippen molar-refractivity contribution in [2.24, 2.45) is 0 Å². The fraction of sp³-hybridized carbons (Fsp3) is 0.368. The van der Waals surface area contributed by atoms with Crippen LogP contribution in [0, 0.1) is 0 Å². The van der Waals surface area contributed by atoms with Gasteiger partial charge in [-0.1, -0.05) is 69.2 Å². The molecule has 1 heteroatoms. The van der Waals surface area contributed by atoms with Crippen LogP contribution in [0.5, 0.6) is 5.75 Å². The van der Waals surface area contributed by atoms with E-state index in [9.17, 15) is 5.11 Å². The number of aryl methyl sites for hydroxylation is 1. The highest BCUT2D eigenvalue weighted by atomic mass is 16.3. The lowest BCUT2D eigenvalue weighted by Crippen LogP contribution is -2.02. The fourth-order valence-corrected chi connectivity index (χ4v) is 2.79. The Morgan fingerprint density at radius 1 is 0.950 bits per heavy atom. The first-order valence-corrected chi connectivity index (χ1v) is 7.59. The van der Waals surface area contributed by atoms with Crippen LogP contribution in [0.15, 0.2) is 48.5 Å². The highest BCUT2D eigenvalue weighted by Gasteiger charge is 2.16. The number of rotatable bonds is 6. The number of hydrogen-bond acceptors (Lipinski definition) is 1. The van der Waals surface area contributed by atoms with Crippen LogP contribution in [0.25, 0.3) is 0 Å². The lowest BCUT2D eigenvalue weighted by molar-refractivity contribution is 0.464. The topological polar surface area (TPSA) is 20.2 Å². The van der Waals surface area contributed by atoms with E-state index >= 15 is 0 Å². The van der Waals surface area contributed by atoms with E-state index in [0.717, 1.165) is 12.0 Å². The Morgan fingerprint density at radius 2 is 1.70 bits per heavy atom. The maximum atomic E-state index is 10.3. The van der Waals surface area contributed by atoms with E-state index in [0.29, 0.717) is 5.75 Å². The van der Waals surface area contributed by atoms with Crippen LogP contribution in [-0.2, 0) is 6.42 Å². The van der Waals surface area contributed by atoms with Gasteiger partial charge < -0.3 is 5.11 Å². The molecule has 0 aliphatic heterocycles. The van der Waals surface area contributed by atoms with E-state index in [1.165, 1.54) is 30.4 Å². The first kappa shape index (κ1) is 14.6. The maximum absolute atomic E-state index is 10.3. The molecule has 2 aromatic rings. The summed E-state index contributed by atoms with van der Waals surface area (Å²) in [7, 11) is 0. The molecular formula is C19H24O. The van der Waals surface area contributed by atoms with E-state index in [4.69, 9.17) is 0 Å². The van der Waals surface area contributed by atoms with Crippen LogP contribution in [0.2, 0.25) is 0 Å². The summed E-state index contributed by atoms with van der Waals surface area (Å²) in [6.07, 6.45) is 4.71. The van der Waals surface area contributed by atoms with Crippen molar-refractivity contribution in [3.05, 3.63) is 65.2 Å². The monoisotopic (exact) mass is 268 g/mol. The second kappa shape index (κ2) is 7.14. The van der Waals surface area contributed by atoms with Crippen LogP contribution < -0.4 is 0 Å². The van der Waals surface area contributed by atoms with Gasteiger partial charge in [0.25, 0.3) is 0 Å². The Bertz CT molecular complexity index is 531. The summed E-state index contributed by atoms with van der Waals surface area (Å²) in [5.41, 5.74) is 3.63. The Balaban J connectivity index is 2.29. The molecule has 2 rings (SSSR count). The van der Waals surface area contributed by atoms with E-state index < -0.39 is 0 Å². The number of phenolic OH excluding ortho intramolecular Hbond substituents is 1. The zero-order valence-corrected chi connectivity index (χ0v) is 12.5. The molecule has 2 aromatic carbocycles. The molecule has 0 amide bonds. The van der Waals surface area contributed by atoms with Crippen LogP contribution >= 0.6 is 0 Å². The van der Waals surface area contributed by atoms with E-state index in [-0.39, 0.29) is 5.92 Å². The standard InChI is InChI=1S/C19H24O/c1-3-4-6-12-17-13-9-14-18(20)19(17)15(2)16-10-7-5-8-11-16/h5,7-11,13-15,20H,3-4,6,12H2,1-2H3. The zero-order valence-electron chi connectivity index (χ0n) is 12.5. The third kappa shape index (κ3) is 3.41. The molecule has 0 saturated carbocycles. The van der Waals surface area contributed by atoms with Crippen molar-refractivity contribution in [3.8, 4) is 5.75 Å². The summed E-state index contributed by atoms with van der Waals surface area (Å²) in [4.78, 5) is 0. The molecule has 0 aliphatic carbocycles. The van der Waals surface area contributed by atoms with Crippen molar-refractivity contribution in [2.75, 3.05) is 0 Å². The SMILES string of the molecule is CCCCCc1cccc(O)c1C(C)c1ccccc1. The van der Waals surface area contributed by atoms with Crippen molar-refractivity contribution in [2.45, 2.75) is 45.4 Å². The Hall–Kier alpha value is -1.76. The minimum Gasteiger partial charge on any atom is -0.508 e. The first-order chi connectivity index (χ1) is 9.74. The Morgan fingerprint density at radius 3 is 2.40 bits per heavy atom. The molecule has 1 nitrogen and oxygen atoms in total. The average Bonchev–Trinajstić information content (AvgIpc) is 2.48. The van der Waals surface area contributed by atoms with Crippen LogP contribution in [0.3, 0.4) is 0 Å². The molecule has 0 spiro atoms. The highest BCUT2D eigenvalue weighted by molar-refractivity contribution is 5.46. The first-order valence-electron chi connectivity index (χ1n) is 7.59. The van der Waals surface area contributed by atoms with E-state index in [2.05, 4.69) is 44.2 Å². The van der Waals surface area contributed by atoms with Crippen molar-refractivity contribution < 1.29 is 5.11 Å². The number of benzene rings is 2. The van der Waals surface area contributed by atoms with Gasteiger partial charge in [0.05, 0.1) is 0 Å². The van der Waals surface area contributed by atoms with Crippen molar-refractivity contribution >= 4 is 0 Å². The Labute approximate surface area is 122 Å². The zero-order chi connectivity index (χ0) is 14.4. The van der Waals surface area contributed by atoms with Crippen molar-refractivity contribution in [3.63, 3.8) is 0 Å². The normalized spacial score (nSPS) is 12.3. The maximum Gasteiger partial charge on any atom is 0.119 e. The van der Waals surface area contributed by atoms with Gasteiger partial charge in [0.15, 0.2) is 0 Å². The lowest BCUT2D eigenvalue weighted by Gasteiger charge is -2.18. The highest BCUT2D eigenvalue weighted by Crippen LogP contribution is 2.34. The predicted octanol–water partition coefficient (Wildman–Crippen LogP) is 5.28. The number of unbranched alkanes of at least 4 members (excludes halogenated alkanes) is 2. The van der Waals surface area contributed by atoms with Crippen LogP contribution in [0.1, 0.15) is 55.7 Å². The molecule has 1 N–H and O–H groups in total. The second-order valence-corrected chi connectivity index (χ2v) is 5.44. The van der Waals surface area contributed by atoms with Gasteiger partial charge in [-0.15, -0.1) is 0 Å². The van der Waals surface area contributed by atoms with Gasteiger partial charge in [0.1, 0.15) is 5.75 Å². The van der Waals surface area contributed by atoms with Gasteiger partial charge in [0.2, 0.25) is 0 Å². The van der Waals surface area contributed by atoms with Crippen LogP contribution in [-0.4, -0.2) is 5.11 Å². The average molecular weight is 268 g/mol. The van der Waals surface area contributed by atoms with Crippen molar-refractivity contribution in [1.82, 2.24) is 0 Å². The molecule has 0 aliphatic rings. The molecule has 106 valence electrons. The summed E-state index contributed by atoms with van der Waals surface area (Å²) in [5, 5.41) is 10.3. The van der Waals surface area contributed by atoms with Crippen molar-refractivity contribution in [1.29, 1.82) is 0 Å². The minimum atomic E-state index is 0.231. The van der Waals surface area contributed by atoms with Gasteiger partial charge in [-0.3, -0.25) is 0 Å². The summed E-state index contributed by atoms with van der Waals surface area (Å²) < 4.78 is 0.